The lowest BCUT2D eigenvalue weighted by Crippen LogP contribution is -2.51. The molecule has 0 bridgehead atoms. The largest absolute Gasteiger partial charge is 0.483 e. The van der Waals surface area contributed by atoms with Crippen molar-refractivity contribution in [3.8, 4) is 5.75 Å². The molecule has 0 fully saturated rings. The molecular weight excluding hydrogens is 516 g/mol. The standard InChI is InChI=1S/C27H30BrClN2O3/c1-4-18(3)30-27(33)23(5-2)31(16-20-11-7-9-13-22(20)29)25(32)17-34-24-15-14-19-10-6-8-12-21(19)26(24)28/h6-15,18,23H,4-5,16-17H2,1-3H3,(H,30,33). The topological polar surface area (TPSA) is 58.6 Å². The van der Waals surface area contributed by atoms with Gasteiger partial charge in [0.1, 0.15) is 11.8 Å². The van der Waals surface area contributed by atoms with Gasteiger partial charge in [0.05, 0.1) is 4.47 Å². The van der Waals surface area contributed by atoms with Crippen LogP contribution < -0.4 is 10.1 Å². The molecule has 0 spiro atoms. The van der Waals surface area contributed by atoms with E-state index in [0.717, 1.165) is 27.2 Å². The molecule has 1 N–H and O–H groups in total. The maximum absolute atomic E-state index is 13.4. The van der Waals surface area contributed by atoms with Crippen molar-refractivity contribution in [2.75, 3.05) is 6.61 Å². The van der Waals surface area contributed by atoms with Crippen LogP contribution in [0.4, 0.5) is 0 Å². The first kappa shape index (κ1) is 26.0. The van der Waals surface area contributed by atoms with E-state index in [2.05, 4.69) is 21.2 Å². The Bertz CT molecular complexity index is 1150. The molecule has 3 aromatic rings. The van der Waals surface area contributed by atoms with Crippen molar-refractivity contribution in [3.63, 3.8) is 0 Å². The Balaban J connectivity index is 1.84. The zero-order chi connectivity index (χ0) is 24.7. The van der Waals surface area contributed by atoms with E-state index in [0.29, 0.717) is 17.2 Å². The molecule has 7 heteroatoms. The number of amides is 2. The van der Waals surface area contributed by atoms with Gasteiger partial charge in [-0.05, 0) is 64.2 Å². The molecule has 2 unspecified atom stereocenters. The molecule has 3 aromatic carbocycles. The molecule has 5 nitrogen and oxygen atoms in total. The maximum Gasteiger partial charge on any atom is 0.261 e. The second-order valence-corrected chi connectivity index (χ2v) is 9.44. The van der Waals surface area contributed by atoms with E-state index >= 15 is 0 Å². The van der Waals surface area contributed by atoms with Crippen molar-refractivity contribution in [3.05, 3.63) is 75.7 Å². The van der Waals surface area contributed by atoms with Crippen molar-refractivity contribution in [1.29, 1.82) is 0 Å². The Labute approximate surface area is 214 Å². The van der Waals surface area contributed by atoms with E-state index < -0.39 is 6.04 Å². The number of nitrogens with one attached hydrogen (secondary N) is 1. The van der Waals surface area contributed by atoms with Crippen molar-refractivity contribution in [1.82, 2.24) is 10.2 Å². The van der Waals surface area contributed by atoms with Gasteiger partial charge in [-0.15, -0.1) is 0 Å². The summed E-state index contributed by atoms with van der Waals surface area (Å²) in [4.78, 5) is 28.0. The average molecular weight is 546 g/mol. The lowest BCUT2D eigenvalue weighted by atomic mass is 10.1. The van der Waals surface area contributed by atoms with Crippen molar-refractivity contribution in [2.45, 2.75) is 52.2 Å². The summed E-state index contributed by atoms with van der Waals surface area (Å²) in [5.41, 5.74) is 0.777. The van der Waals surface area contributed by atoms with Crippen molar-refractivity contribution >= 4 is 50.1 Å². The number of halogens is 2. The first-order valence-corrected chi connectivity index (χ1v) is 12.7. The Morgan fingerprint density at radius 2 is 1.74 bits per heavy atom. The SMILES string of the molecule is CCC(C)NC(=O)C(CC)N(Cc1ccccc1Cl)C(=O)COc1ccc2ccccc2c1Br. The third-order valence-electron chi connectivity index (χ3n) is 5.86. The Morgan fingerprint density at radius 1 is 1.03 bits per heavy atom. The molecule has 0 aliphatic rings. The molecule has 0 saturated heterocycles. The highest BCUT2D eigenvalue weighted by atomic mass is 79.9. The van der Waals surface area contributed by atoms with Gasteiger partial charge in [-0.3, -0.25) is 9.59 Å². The Hall–Kier alpha value is -2.57. The molecule has 180 valence electrons. The van der Waals surface area contributed by atoms with Crippen LogP contribution in [0.5, 0.6) is 5.75 Å². The summed E-state index contributed by atoms with van der Waals surface area (Å²) >= 11 is 9.98. The fourth-order valence-electron chi connectivity index (χ4n) is 3.72. The highest BCUT2D eigenvalue weighted by molar-refractivity contribution is 9.10. The van der Waals surface area contributed by atoms with Crippen LogP contribution in [0.25, 0.3) is 10.8 Å². The summed E-state index contributed by atoms with van der Waals surface area (Å²) in [7, 11) is 0. The number of fused-ring (bicyclic) bond motifs is 1. The Kier molecular flexibility index (Phi) is 9.36. The number of hydrogen-bond acceptors (Lipinski definition) is 3. The highest BCUT2D eigenvalue weighted by Crippen LogP contribution is 2.33. The number of rotatable bonds is 10. The fourth-order valence-corrected chi connectivity index (χ4v) is 4.52. The van der Waals surface area contributed by atoms with Gasteiger partial charge >= 0.3 is 0 Å². The van der Waals surface area contributed by atoms with Gasteiger partial charge in [0.15, 0.2) is 6.61 Å². The average Bonchev–Trinajstić information content (AvgIpc) is 2.84. The first-order chi connectivity index (χ1) is 16.3. The lowest BCUT2D eigenvalue weighted by Gasteiger charge is -2.31. The van der Waals surface area contributed by atoms with E-state index in [4.69, 9.17) is 16.3 Å². The van der Waals surface area contributed by atoms with E-state index in [1.807, 2.05) is 75.4 Å². The minimum atomic E-state index is -0.638. The predicted octanol–water partition coefficient (Wildman–Crippen LogP) is 6.36. The van der Waals surface area contributed by atoms with E-state index in [1.54, 1.807) is 11.0 Å². The van der Waals surface area contributed by atoms with E-state index in [1.165, 1.54) is 0 Å². The molecule has 0 saturated carbocycles. The number of carbonyl (C=O) groups excluding carboxylic acids is 2. The van der Waals surface area contributed by atoms with E-state index in [-0.39, 0.29) is 31.0 Å². The summed E-state index contributed by atoms with van der Waals surface area (Å²) < 4.78 is 6.72. The number of benzene rings is 3. The smallest absolute Gasteiger partial charge is 0.261 e. The lowest BCUT2D eigenvalue weighted by molar-refractivity contribution is -0.143. The van der Waals surface area contributed by atoms with Gasteiger partial charge in [0.2, 0.25) is 5.91 Å². The molecule has 0 aromatic heterocycles. The third-order valence-corrected chi connectivity index (χ3v) is 7.05. The van der Waals surface area contributed by atoms with Crippen LogP contribution in [0.1, 0.15) is 39.2 Å². The second-order valence-electron chi connectivity index (χ2n) is 8.24. The van der Waals surface area contributed by atoms with Crippen LogP contribution in [0, 0.1) is 0 Å². The Morgan fingerprint density at radius 3 is 2.44 bits per heavy atom. The normalized spacial score (nSPS) is 12.7. The van der Waals surface area contributed by atoms with Crippen LogP contribution in [0.15, 0.2) is 65.1 Å². The van der Waals surface area contributed by atoms with Gasteiger partial charge in [0.25, 0.3) is 5.91 Å². The monoisotopic (exact) mass is 544 g/mol. The third kappa shape index (κ3) is 6.30. The van der Waals surface area contributed by atoms with Crippen LogP contribution in [-0.4, -0.2) is 35.4 Å². The first-order valence-electron chi connectivity index (χ1n) is 11.5. The van der Waals surface area contributed by atoms with Crippen LogP contribution >= 0.6 is 27.5 Å². The summed E-state index contributed by atoms with van der Waals surface area (Å²) in [5.74, 6) is 0.108. The molecule has 0 aliphatic heterocycles. The maximum atomic E-state index is 13.4. The number of hydrogen-bond donors (Lipinski definition) is 1. The molecule has 0 heterocycles. The zero-order valence-electron chi connectivity index (χ0n) is 19.7. The summed E-state index contributed by atoms with van der Waals surface area (Å²) in [5, 5.41) is 5.63. The molecule has 2 amide bonds. The van der Waals surface area contributed by atoms with Gasteiger partial charge < -0.3 is 15.0 Å². The minimum Gasteiger partial charge on any atom is -0.483 e. The van der Waals surface area contributed by atoms with Gasteiger partial charge in [-0.2, -0.15) is 0 Å². The molecule has 34 heavy (non-hydrogen) atoms. The number of carbonyl (C=O) groups is 2. The molecule has 0 aliphatic carbocycles. The highest BCUT2D eigenvalue weighted by Gasteiger charge is 2.30. The minimum absolute atomic E-state index is 0.0172. The molecule has 2 atom stereocenters. The van der Waals surface area contributed by atoms with Crippen LogP contribution in [0.2, 0.25) is 5.02 Å². The number of nitrogens with zero attached hydrogens (tertiary/aromatic N) is 1. The number of ether oxygens (including phenoxy) is 1. The van der Waals surface area contributed by atoms with Gasteiger partial charge in [-0.25, -0.2) is 0 Å². The quantitative estimate of drug-likeness (QED) is 0.323. The summed E-state index contributed by atoms with van der Waals surface area (Å²) in [6.45, 7) is 5.87. The van der Waals surface area contributed by atoms with Gasteiger partial charge in [0, 0.05) is 17.6 Å². The van der Waals surface area contributed by atoms with Crippen molar-refractivity contribution in [2.24, 2.45) is 0 Å². The zero-order valence-corrected chi connectivity index (χ0v) is 22.0. The molecule has 3 rings (SSSR count). The van der Waals surface area contributed by atoms with Crippen LogP contribution in [0.3, 0.4) is 0 Å². The summed E-state index contributed by atoms with van der Waals surface area (Å²) in [6, 6.07) is 18.5. The summed E-state index contributed by atoms with van der Waals surface area (Å²) in [6.07, 6.45) is 1.28. The predicted molar refractivity (Wildman–Crippen MR) is 141 cm³/mol. The van der Waals surface area contributed by atoms with E-state index in [9.17, 15) is 9.59 Å². The molecular formula is C27H30BrClN2O3. The fraction of sp³-hybridized carbons (Fsp3) is 0.333. The second kappa shape index (κ2) is 12.2. The van der Waals surface area contributed by atoms with Crippen molar-refractivity contribution < 1.29 is 14.3 Å². The van der Waals surface area contributed by atoms with Gasteiger partial charge in [-0.1, -0.05) is 74.0 Å². The molecule has 0 radical (unpaired) electrons. The van der Waals surface area contributed by atoms with Crippen LogP contribution in [-0.2, 0) is 16.1 Å².